The van der Waals surface area contributed by atoms with E-state index in [4.69, 9.17) is 10.7 Å². The van der Waals surface area contributed by atoms with Gasteiger partial charge in [0.05, 0.1) is 5.56 Å². The first-order valence-corrected chi connectivity index (χ1v) is 11.0. The maximum Gasteiger partial charge on any atom is 0.251 e. The number of fused-ring (bicyclic) bond motifs is 1. The number of rotatable bonds is 5. The van der Waals surface area contributed by atoms with Gasteiger partial charge in [-0.1, -0.05) is 30.3 Å². The third-order valence-corrected chi connectivity index (χ3v) is 5.75. The Hall–Kier alpha value is -4.52. The molecule has 0 saturated carbocycles. The lowest BCUT2D eigenvalue weighted by Gasteiger charge is -2.12. The van der Waals surface area contributed by atoms with E-state index >= 15 is 0 Å². The molecule has 168 valence electrons. The molecular formula is C27H24N6O. The van der Waals surface area contributed by atoms with Crippen molar-refractivity contribution in [1.29, 1.82) is 0 Å². The quantitative estimate of drug-likeness (QED) is 0.409. The summed E-state index contributed by atoms with van der Waals surface area (Å²) in [4.78, 5) is 26.2. The molecule has 3 N–H and O–H groups in total. The number of aromatic nitrogens is 4. The number of hydrogen-bond acceptors (Lipinski definition) is 5. The highest BCUT2D eigenvalue weighted by Gasteiger charge is 2.18. The molecule has 0 fully saturated rings. The predicted molar refractivity (Wildman–Crippen MR) is 134 cm³/mol. The molecule has 0 spiro atoms. The lowest BCUT2D eigenvalue weighted by molar-refractivity contribution is 0.0950. The van der Waals surface area contributed by atoms with Crippen molar-refractivity contribution in [3.8, 4) is 17.1 Å². The van der Waals surface area contributed by atoms with Gasteiger partial charge < -0.3 is 11.1 Å². The number of carbonyl (C=O) groups is 1. The minimum Gasteiger partial charge on any atom is -0.383 e. The Morgan fingerprint density at radius 3 is 2.56 bits per heavy atom. The lowest BCUT2D eigenvalue weighted by atomic mass is 10.1. The number of pyridine rings is 2. The first-order chi connectivity index (χ1) is 16.5. The average Bonchev–Trinajstić information content (AvgIpc) is 3.21. The molecule has 7 nitrogen and oxygen atoms in total. The van der Waals surface area contributed by atoms with Crippen LogP contribution < -0.4 is 11.1 Å². The third-order valence-electron chi connectivity index (χ3n) is 5.75. The summed E-state index contributed by atoms with van der Waals surface area (Å²) in [5.41, 5.74) is 13.0. The largest absolute Gasteiger partial charge is 0.383 e. The van der Waals surface area contributed by atoms with Crippen LogP contribution in [0.2, 0.25) is 0 Å². The number of nitrogens with zero attached hydrogens (tertiary/aromatic N) is 4. The molecule has 0 saturated heterocycles. The monoisotopic (exact) mass is 448 g/mol. The zero-order valence-corrected chi connectivity index (χ0v) is 19.0. The molecule has 3 aromatic heterocycles. The third kappa shape index (κ3) is 3.99. The molecule has 0 atom stereocenters. The minimum atomic E-state index is -0.0864. The van der Waals surface area contributed by atoms with E-state index in [-0.39, 0.29) is 5.91 Å². The number of anilines is 1. The highest BCUT2D eigenvalue weighted by molar-refractivity contribution is 5.95. The summed E-state index contributed by atoms with van der Waals surface area (Å²) < 4.78 is 1.98. The van der Waals surface area contributed by atoms with Gasteiger partial charge in [0.15, 0.2) is 11.5 Å². The van der Waals surface area contributed by atoms with Gasteiger partial charge in [0, 0.05) is 30.2 Å². The smallest absolute Gasteiger partial charge is 0.251 e. The summed E-state index contributed by atoms with van der Waals surface area (Å²) >= 11 is 0. The van der Waals surface area contributed by atoms with Crippen LogP contribution >= 0.6 is 0 Å². The molecule has 5 aromatic rings. The highest BCUT2D eigenvalue weighted by atomic mass is 16.1. The Balaban J connectivity index is 1.47. The van der Waals surface area contributed by atoms with Crippen LogP contribution in [-0.4, -0.2) is 25.4 Å². The number of hydrogen-bond donors (Lipinski definition) is 2. The molecule has 0 unspecified atom stereocenters. The van der Waals surface area contributed by atoms with Gasteiger partial charge in [-0.3, -0.25) is 9.36 Å². The van der Waals surface area contributed by atoms with Gasteiger partial charge in [-0.2, -0.15) is 0 Å². The summed E-state index contributed by atoms with van der Waals surface area (Å²) in [6.45, 7) is 4.35. The second-order valence-electron chi connectivity index (χ2n) is 8.23. The molecule has 0 aliphatic rings. The molecule has 5 rings (SSSR count). The van der Waals surface area contributed by atoms with E-state index in [9.17, 15) is 4.79 Å². The van der Waals surface area contributed by atoms with Gasteiger partial charge >= 0.3 is 0 Å². The molecule has 0 bridgehead atoms. The number of carbonyl (C=O) groups excluding carboxylic acids is 1. The van der Waals surface area contributed by atoms with Crippen molar-refractivity contribution in [3.05, 3.63) is 101 Å². The lowest BCUT2D eigenvalue weighted by Crippen LogP contribution is -2.23. The van der Waals surface area contributed by atoms with Gasteiger partial charge in [-0.15, -0.1) is 0 Å². The van der Waals surface area contributed by atoms with Crippen LogP contribution in [0.5, 0.6) is 0 Å². The SMILES string of the molecule is Cc1cnc2c(c1)nc(-c1cccnc1N)n2-c1ccc(CNC(=O)c2ccccc2C)cc1. The van der Waals surface area contributed by atoms with Crippen LogP contribution in [0.25, 0.3) is 28.2 Å². The Morgan fingerprint density at radius 1 is 1.00 bits per heavy atom. The van der Waals surface area contributed by atoms with E-state index in [1.165, 1.54) is 0 Å². The maximum atomic E-state index is 12.6. The van der Waals surface area contributed by atoms with Crippen molar-refractivity contribution in [2.24, 2.45) is 0 Å². The fourth-order valence-corrected chi connectivity index (χ4v) is 3.97. The first-order valence-electron chi connectivity index (χ1n) is 11.0. The summed E-state index contributed by atoms with van der Waals surface area (Å²) in [5.74, 6) is 1.00. The predicted octanol–water partition coefficient (Wildman–Crippen LogP) is 4.61. The zero-order valence-electron chi connectivity index (χ0n) is 19.0. The van der Waals surface area contributed by atoms with Gasteiger partial charge in [-0.25, -0.2) is 15.0 Å². The van der Waals surface area contributed by atoms with Crippen LogP contribution in [-0.2, 0) is 6.54 Å². The Labute approximate surface area is 197 Å². The second-order valence-corrected chi connectivity index (χ2v) is 8.23. The molecule has 0 aliphatic carbocycles. The van der Waals surface area contributed by atoms with E-state index < -0.39 is 0 Å². The van der Waals surface area contributed by atoms with Crippen LogP contribution in [0, 0.1) is 13.8 Å². The molecular weight excluding hydrogens is 424 g/mol. The van der Waals surface area contributed by atoms with Crippen LogP contribution in [0.3, 0.4) is 0 Å². The van der Waals surface area contributed by atoms with E-state index in [0.29, 0.717) is 23.8 Å². The van der Waals surface area contributed by atoms with E-state index in [0.717, 1.165) is 39.1 Å². The van der Waals surface area contributed by atoms with Crippen molar-refractivity contribution < 1.29 is 4.79 Å². The molecule has 0 aliphatic heterocycles. The Kier molecular flexibility index (Phi) is 5.51. The average molecular weight is 449 g/mol. The molecule has 34 heavy (non-hydrogen) atoms. The summed E-state index contributed by atoms with van der Waals surface area (Å²) in [7, 11) is 0. The van der Waals surface area contributed by atoms with Crippen LogP contribution in [0.1, 0.15) is 27.0 Å². The molecule has 0 radical (unpaired) electrons. The number of nitrogens with two attached hydrogens (primary N) is 1. The van der Waals surface area contributed by atoms with Gasteiger partial charge in [0.25, 0.3) is 5.91 Å². The highest BCUT2D eigenvalue weighted by Crippen LogP contribution is 2.30. The number of amides is 1. The number of nitrogen functional groups attached to an aromatic ring is 1. The Morgan fingerprint density at radius 2 is 1.79 bits per heavy atom. The van der Waals surface area contributed by atoms with Gasteiger partial charge in [-0.05, 0) is 66.9 Å². The Bertz CT molecular complexity index is 1500. The normalized spacial score (nSPS) is 11.0. The number of nitrogens with one attached hydrogen (secondary N) is 1. The van der Waals surface area contributed by atoms with Gasteiger partial charge in [0.2, 0.25) is 0 Å². The van der Waals surface area contributed by atoms with Crippen LogP contribution in [0.4, 0.5) is 5.82 Å². The van der Waals surface area contributed by atoms with Crippen LogP contribution in [0.15, 0.2) is 79.1 Å². The second kappa shape index (κ2) is 8.78. The summed E-state index contributed by atoms with van der Waals surface area (Å²) in [6.07, 6.45) is 3.49. The number of benzene rings is 2. The standard InChI is InChI=1S/C27H24N6O/c1-17-14-23-26(30-15-17)33(25(32-23)22-8-5-13-29-24(22)28)20-11-9-19(10-12-20)16-31-27(34)21-7-4-3-6-18(21)2/h3-15H,16H2,1-2H3,(H2,28,29)(H,31,34). The molecule has 7 heteroatoms. The zero-order chi connectivity index (χ0) is 23.7. The summed E-state index contributed by atoms with van der Waals surface area (Å²) in [5, 5.41) is 3.00. The maximum absolute atomic E-state index is 12.6. The topological polar surface area (TPSA) is 98.7 Å². The number of imidazole rings is 1. The van der Waals surface area contributed by atoms with Gasteiger partial charge in [0.1, 0.15) is 11.3 Å². The van der Waals surface area contributed by atoms with Crippen molar-refractivity contribution in [3.63, 3.8) is 0 Å². The fraction of sp³-hybridized carbons (Fsp3) is 0.111. The van der Waals surface area contributed by atoms with Crippen molar-refractivity contribution >= 4 is 22.9 Å². The van der Waals surface area contributed by atoms with Crippen molar-refractivity contribution in [2.75, 3.05) is 5.73 Å². The van der Waals surface area contributed by atoms with E-state index in [1.54, 1.807) is 6.20 Å². The molecule has 3 heterocycles. The molecule has 2 aromatic carbocycles. The number of aryl methyl sites for hydroxylation is 2. The summed E-state index contributed by atoms with van der Waals surface area (Å²) in [6, 6.07) is 21.3. The fourth-order valence-electron chi connectivity index (χ4n) is 3.97. The van der Waals surface area contributed by atoms with Crippen molar-refractivity contribution in [1.82, 2.24) is 24.8 Å². The molecule has 1 amide bonds. The van der Waals surface area contributed by atoms with Crippen molar-refractivity contribution in [2.45, 2.75) is 20.4 Å². The van der Waals surface area contributed by atoms with E-state index in [2.05, 4.69) is 15.3 Å². The minimum absolute atomic E-state index is 0.0864. The van der Waals surface area contributed by atoms with E-state index in [1.807, 2.05) is 91.3 Å². The first kappa shape index (κ1) is 21.3.